The Morgan fingerprint density at radius 2 is 2.33 bits per heavy atom. The number of rotatable bonds is 6. The van der Waals surface area contributed by atoms with Crippen LogP contribution in [0.5, 0.6) is 0 Å². The number of nitrogens with one attached hydrogen (secondary N) is 2. The molecular weight excluding hydrogens is 306 g/mol. The Morgan fingerprint density at radius 3 is 3.00 bits per heavy atom. The van der Waals surface area contributed by atoms with Gasteiger partial charge in [-0.05, 0) is 30.8 Å². The van der Waals surface area contributed by atoms with E-state index in [-0.39, 0.29) is 11.7 Å². The van der Waals surface area contributed by atoms with E-state index in [1.54, 1.807) is 11.3 Å². The van der Waals surface area contributed by atoms with E-state index in [1.165, 1.54) is 16.4 Å². The van der Waals surface area contributed by atoms with E-state index >= 15 is 0 Å². The predicted molar refractivity (Wildman–Crippen MR) is 85.8 cm³/mol. The lowest BCUT2D eigenvalue weighted by Crippen LogP contribution is -2.26. The second-order valence-corrected chi connectivity index (χ2v) is 6.92. The molecule has 8 heteroatoms. The highest BCUT2D eigenvalue weighted by molar-refractivity contribution is 7.12. The van der Waals surface area contributed by atoms with Crippen LogP contribution < -0.4 is 16.4 Å². The van der Waals surface area contributed by atoms with Gasteiger partial charge in [-0.15, -0.1) is 11.3 Å². The van der Waals surface area contributed by atoms with Gasteiger partial charge < -0.3 is 16.4 Å². The Bertz CT molecular complexity index is 647. The van der Waals surface area contributed by atoms with Crippen LogP contribution in [0.1, 0.15) is 40.0 Å². The van der Waals surface area contributed by atoms with Gasteiger partial charge in [0.05, 0.1) is 6.54 Å². The second kappa shape index (κ2) is 5.98. The molecule has 0 atom stereocenters. The molecule has 0 radical (unpaired) electrons. The summed E-state index contributed by atoms with van der Waals surface area (Å²) < 4.78 is 4.08. The quantitative estimate of drug-likeness (QED) is 0.758. The van der Waals surface area contributed by atoms with Crippen LogP contribution in [0.15, 0.2) is 6.20 Å². The largest absolute Gasteiger partial charge is 0.382 e. The smallest absolute Gasteiger partial charge is 0.258 e. The number of thiazole rings is 1. The van der Waals surface area contributed by atoms with Gasteiger partial charge in [-0.1, -0.05) is 6.92 Å². The monoisotopic (exact) mass is 323 g/mol. The number of carbonyl (C=O) groups excluding carboxylic acids is 1. The normalized spacial score (nSPS) is 14.1. The number of aromatic nitrogens is 2. The molecule has 6 nitrogen and oxygen atoms in total. The average Bonchev–Trinajstić information content (AvgIpc) is 3.02. The summed E-state index contributed by atoms with van der Waals surface area (Å²) in [7, 11) is 0. The van der Waals surface area contributed by atoms with Gasteiger partial charge in [0.15, 0.2) is 5.82 Å². The number of hydrogen-bond acceptors (Lipinski definition) is 7. The summed E-state index contributed by atoms with van der Waals surface area (Å²) in [4.78, 5) is 17.8. The van der Waals surface area contributed by atoms with Crippen LogP contribution in [-0.2, 0) is 13.0 Å². The molecule has 0 bridgehead atoms. The molecule has 21 heavy (non-hydrogen) atoms. The maximum Gasteiger partial charge on any atom is 0.258 e. The minimum absolute atomic E-state index is 0.139. The fourth-order valence-corrected chi connectivity index (χ4v) is 3.39. The minimum atomic E-state index is -0.139. The Kier molecular flexibility index (Phi) is 4.07. The Balaban J connectivity index is 1.68. The number of amides is 1. The number of nitrogen functional groups attached to an aromatic ring is 1. The lowest BCUT2D eigenvalue weighted by atomic mass is 10.3. The van der Waals surface area contributed by atoms with Gasteiger partial charge in [0, 0.05) is 17.1 Å². The van der Waals surface area contributed by atoms with Crippen molar-refractivity contribution in [2.24, 2.45) is 0 Å². The molecule has 2 aromatic rings. The van der Waals surface area contributed by atoms with E-state index in [4.69, 9.17) is 5.73 Å². The van der Waals surface area contributed by atoms with Gasteiger partial charge in [0.1, 0.15) is 15.6 Å². The molecule has 0 saturated heterocycles. The lowest BCUT2D eigenvalue weighted by molar-refractivity contribution is 0.0953. The zero-order valence-electron chi connectivity index (χ0n) is 11.7. The van der Waals surface area contributed by atoms with Crippen LogP contribution in [0.4, 0.5) is 10.8 Å². The average molecular weight is 323 g/mol. The highest BCUT2D eigenvalue weighted by Crippen LogP contribution is 2.29. The van der Waals surface area contributed by atoms with Crippen molar-refractivity contribution in [1.29, 1.82) is 0 Å². The third-order valence-electron chi connectivity index (χ3n) is 3.21. The predicted octanol–water partition coefficient (Wildman–Crippen LogP) is 2.25. The first-order chi connectivity index (χ1) is 10.2. The van der Waals surface area contributed by atoms with Crippen LogP contribution in [-0.4, -0.2) is 21.3 Å². The molecule has 4 N–H and O–H groups in total. The maximum atomic E-state index is 12.2. The topological polar surface area (TPSA) is 92.9 Å². The highest BCUT2D eigenvalue weighted by Gasteiger charge is 2.27. The van der Waals surface area contributed by atoms with Crippen molar-refractivity contribution >= 4 is 39.6 Å². The van der Waals surface area contributed by atoms with Gasteiger partial charge in [0.25, 0.3) is 5.91 Å². The number of aryl methyl sites for hydroxylation is 1. The molecular formula is C13H17N5OS2. The number of hydrogen-bond donors (Lipinski definition) is 3. The first-order valence-electron chi connectivity index (χ1n) is 6.90. The fraction of sp³-hybridized carbons (Fsp3) is 0.462. The van der Waals surface area contributed by atoms with Crippen molar-refractivity contribution in [3.05, 3.63) is 21.6 Å². The van der Waals surface area contributed by atoms with Crippen LogP contribution in [0, 0.1) is 0 Å². The van der Waals surface area contributed by atoms with Gasteiger partial charge in [0.2, 0.25) is 0 Å². The number of anilines is 2. The molecule has 0 aliphatic heterocycles. The fourth-order valence-electron chi connectivity index (χ4n) is 1.88. The summed E-state index contributed by atoms with van der Waals surface area (Å²) in [5, 5.41) is 7.87. The summed E-state index contributed by atoms with van der Waals surface area (Å²) in [6.07, 6.45) is 4.97. The minimum Gasteiger partial charge on any atom is -0.382 e. The summed E-state index contributed by atoms with van der Waals surface area (Å²) in [6.45, 7) is 2.69. The van der Waals surface area contributed by atoms with Crippen molar-refractivity contribution in [3.8, 4) is 0 Å². The van der Waals surface area contributed by atoms with Crippen molar-refractivity contribution in [3.63, 3.8) is 0 Å². The maximum absolute atomic E-state index is 12.2. The van der Waals surface area contributed by atoms with Gasteiger partial charge in [-0.3, -0.25) is 4.79 Å². The van der Waals surface area contributed by atoms with E-state index in [2.05, 4.69) is 26.9 Å². The zero-order valence-corrected chi connectivity index (χ0v) is 13.3. The molecule has 1 aliphatic carbocycles. The second-order valence-electron chi connectivity index (χ2n) is 4.95. The zero-order chi connectivity index (χ0) is 14.8. The van der Waals surface area contributed by atoms with E-state index in [9.17, 15) is 4.79 Å². The summed E-state index contributed by atoms with van der Waals surface area (Å²) in [6, 6.07) is 0.302. The van der Waals surface area contributed by atoms with Crippen LogP contribution in [0.25, 0.3) is 0 Å². The van der Waals surface area contributed by atoms with Crippen molar-refractivity contribution in [2.75, 3.05) is 11.1 Å². The third kappa shape index (κ3) is 3.33. The number of nitrogens with zero attached hydrogens (tertiary/aromatic N) is 2. The SMILES string of the molecule is CCc1cnc(CNc2snc(N)c2C(=O)NC2CC2)s1. The molecule has 0 aromatic carbocycles. The van der Waals surface area contributed by atoms with Crippen LogP contribution in [0.2, 0.25) is 0 Å². The first-order valence-corrected chi connectivity index (χ1v) is 8.49. The summed E-state index contributed by atoms with van der Waals surface area (Å²) >= 11 is 2.89. The van der Waals surface area contributed by atoms with Crippen molar-refractivity contribution < 1.29 is 4.79 Å². The molecule has 1 aliphatic rings. The Hall–Kier alpha value is -1.67. The highest BCUT2D eigenvalue weighted by atomic mass is 32.1. The summed E-state index contributed by atoms with van der Waals surface area (Å²) in [5.74, 6) is 0.147. The first kappa shape index (κ1) is 14.3. The molecule has 1 saturated carbocycles. The van der Waals surface area contributed by atoms with Crippen LogP contribution >= 0.6 is 22.9 Å². The van der Waals surface area contributed by atoms with E-state index in [0.717, 1.165) is 24.3 Å². The molecule has 112 valence electrons. The van der Waals surface area contributed by atoms with E-state index in [0.29, 0.717) is 23.2 Å². The molecule has 2 aromatic heterocycles. The van der Waals surface area contributed by atoms with Gasteiger partial charge in [-0.25, -0.2) is 4.98 Å². The Morgan fingerprint density at radius 1 is 1.52 bits per heavy atom. The summed E-state index contributed by atoms with van der Waals surface area (Å²) in [5.41, 5.74) is 6.28. The molecule has 2 heterocycles. The molecule has 0 spiro atoms. The van der Waals surface area contributed by atoms with Gasteiger partial charge >= 0.3 is 0 Å². The molecule has 1 fully saturated rings. The van der Waals surface area contributed by atoms with Crippen LogP contribution in [0.3, 0.4) is 0 Å². The molecule has 0 unspecified atom stereocenters. The standard InChI is InChI=1S/C13H17N5OS2/c1-2-8-5-15-9(20-8)6-16-13-10(11(14)18-21-13)12(19)17-7-3-4-7/h5,7,16H,2-4,6H2,1H3,(H2,14,18)(H,17,19). The van der Waals surface area contributed by atoms with Crippen molar-refractivity contribution in [1.82, 2.24) is 14.7 Å². The molecule has 1 amide bonds. The van der Waals surface area contributed by atoms with Gasteiger partial charge in [-0.2, -0.15) is 4.37 Å². The van der Waals surface area contributed by atoms with Crippen molar-refractivity contribution in [2.45, 2.75) is 38.8 Å². The third-order valence-corrected chi connectivity index (χ3v) is 5.17. The van der Waals surface area contributed by atoms with E-state index < -0.39 is 0 Å². The number of carbonyl (C=O) groups is 1. The molecule has 3 rings (SSSR count). The number of nitrogens with two attached hydrogens (primary N) is 1. The lowest BCUT2D eigenvalue weighted by Gasteiger charge is -2.06. The Labute approximate surface area is 130 Å². The van der Waals surface area contributed by atoms with E-state index in [1.807, 2.05) is 6.20 Å².